The topological polar surface area (TPSA) is 55.2 Å². The number of hydrogen-bond acceptors (Lipinski definition) is 3. The molecule has 4 nitrogen and oxygen atoms in total. The lowest BCUT2D eigenvalue weighted by atomic mass is 10.1. The van der Waals surface area contributed by atoms with Gasteiger partial charge in [0.15, 0.2) is 0 Å². The second kappa shape index (κ2) is 4.12. The molecule has 0 heterocycles. The van der Waals surface area contributed by atoms with Gasteiger partial charge in [0.1, 0.15) is 0 Å². The van der Waals surface area contributed by atoms with Crippen LogP contribution in [-0.4, -0.2) is 11.5 Å². The summed E-state index contributed by atoms with van der Waals surface area (Å²) in [5.41, 5.74) is 2.09. The molecular formula is C12H16N2O2. The molecule has 0 bridgehead atoms. The third-order valence-electron chi connectivity index (χ3n) is 3.26. The van der Waals surface area contributed by atoms with Crippen LogP contribution in [0.3, 0.4) is 0 Å². The standard InChI is InChI=1S/C12H16N2O2/c1-8-3-4-11(14(15)16)6-12(8)13-7-10-5-9(10)2/h3-4,6,9-10,13H,5,7H2,1-2H3. The van der Waals surface area contributed by atoms with E-state index in [2.05, 4.69) is 12.2 Å². The van der Waals surface area contributed by atoms with Crippen molar-refractivity contribution < 1.29 is 4.92 Å². The van der Waals surface area contributed by atoms with E-state index in [9.17, 15) is 10.1 Å². The first-order valence-electron chi connectivity index (χ1n) is 5.57. The summed E-state index contributed by atoms with van der Waals surface area (Å²) in [5, 5.41) is 13.9. The highest BCUT2D eigenvalue weighted by Gasteiger charge is 2.31. The van der Waals surface area contributed by atoms with Crippen LogP contribution in [0.5, 0.6) is 0 Å². The number of nitro benzene ring substituents is 1. The fourth-order valence-corrected chi connectivity index (χ4v) is 1.84. The van der Waals surface area contributed by atoms with E-state index in [1.54, 1.807) is 18.2 Å². The van der Waals surface area contributed by atoms with Gasteiger partial charge < -0.3 is 5.32 Å². The van der Waals surface area contributed by atoms with Crippen molar-refractivity contribution in [2.24, 2.45) is 11.8 Å². The molecule has 2 unspecified atom stereocenters. The van der Waals surface area contributed by atoms with Crippen molar-refractivity contribution in [3.05, 3.63) is 33.9 Å². The fourth-order valence-electron chi connectivity index (χ4n) is 1.84. The lowest BCUT2D eigenvalue weighted by Gasteiger charge is -2.08. The normalized spacial score (nSPS) is 22.9. The molecule has 1 aromatic rings. The molecule has 1 aliphatic rings. The molecule has 1 saturated carbocycles. The number of nitrogens with zero attached hydrogens (tertiary/aromatic N) is 1. The van der Waals surface area contributed by atoms with E-state index in [-0.39, 0.29) is 10.6 Å². The highest BCUT2D eigenvalue weighted by molar-refractivity contribution is 5.56. The van der Waals surface area contributed by atoms with Crippen molar-refractivity contribution in [2.75, 3.05) is 11.9 Å². The van der Waals surface area contributed by atoms with Crippen LogP contribution in [0.4, 0.5) is 11.4 Å². The number of benzene rings is 1. The van der Waals surface area contributed by atoms with Gasteiger partial charge in [-0.3, -0.25) is 10.1 Å². The molecule has 1 N–H and O–H groups in total. The van der Waals surface area contributed by atoms with Gasteiger partial charge in [0.05, 0.1) is 4.92 Å². The number of anilines is 1. The second-order valence-electron chi connectivity index (χ2n) is 4.61. The largest absolute Gasteiger partial charge is 0.384 e. The van der Waals surface area contributed by atoms with Gasteiger partial charge in [0.25, 0.3) is 5.69 Å². The number of hydrogen-bond donors (Lipinski definition) is 1. The Morgan fingerprint density at radius 3 is 2.81 bits per heavy atom. The number of nitrogens with one attached hydrogen (secondary N) is 1. The van der Waals surface area contributed by atoms with Gasteiger partial charge in [-0.05, 0) is 30.7 Å². The number of aryl methyl sites for hydroxylation is 1. The zero-order valence-corrected chi connectivity index (χ0v) is 9.56. The van der Waals surface area contributed by atoms with Crippen LogP contribution in [0, 0.1) is 28.9 Å². The summed E-state index contributed by atoms with van der Waals surface area (Å²) in [6.07, 6.45) is 1.26. The van der Waals surface area contributed by atoms with Gasteiger partial charge in [0, 0.05) is 24.4 Å². The first kappa shape index (κ1) is 10.9. The van der Waals surface area contributed by atoms with Crippen LogP contribution < -0.4 is 5.32 Å². The Bertz CT molecular complexity index is 417. The molecule has 1 fully saturated rings. The third-order valence-corrected chi connectivity index (χ3v) is 3.26. The van der Waals surface area contributed by atoms with Crippen LogP contribution in [-0.2, 0) is 0 Å². The maximum Gasteiger partial charge on any atom is 0.271 e. The van der Waals surface area contributed by atoms with E-state index in [1.165, 1.54) is 6.42 Å². The molecule has 0 aromatic heterocycles. The monoisotopic (exact) mass is 220 g/mol. The molecule has 0 spiro atoms. The predicted molar refractivity (Wildman–Crippen MR) is 63.6 cm³/mol. The van der Waals surface area contributed by atoms with E-state index in [4.69, 9.17) is 0 Å². The van der Waals surface area contributed by atoms with E-state index < -0.39 is 0 Å². The minimum Gasteiger partial charge on any atom is -0.384 e. The Hall–Kier alpha value is -1.58. The predicted octanol–water partition coefficient (Wildman–Crippen LogP) is 2.97. The van der Waals surface area contributed by atoms with Crippen molar-refractivity contribution in [3.63, 3.8) is 0 Å². The maximum atomic E-state index is 10.6. The summed E-state index contributed by atoms with van der Waals surface area (Å²) in [5.74, 6) is 1.53. The Balaban J connectivity index is 2.06. The van der Waals surface area contributed by atoms with Crippen LogP contribution in [0.2, 0.25) is 0 Å². The Morgan fingerprint density at radius 1 is 1.56 bits per heavy atom. The molecule has 1 aromatic carbocycles. The molecule has 0 aliphatic heterocycles. The van der Waals surface area contributed by atoms with E-state index >= 15 is 0 Å². The van der Waals surface area contributed by atoms with Gasteiger partial charge >= 0.3 is 0 Å². The molecule has 86 valence electrons. The molecule has 0 radical (unpaired) electrons. The van der Waals surface area contributed by atoms with Crippen LogP contribution in [0.25, 0.3) is 0 Å². The van der Waals surface area contributed by atoms with Gasteiger partial charge in [0.2, 0.25) is 0 Å². The minimum absolute atomic E-state index is 0.150. The first-order chi connectivity index (χ1) is 7.58. The first-order valence-corrected chi connectivity index (χ1v) is 5.57. The number of nitro groups is 1. The van der Waals surface area contributed by atoms with Crippen molar-refractivity contribution in [2.45, 2.75) is 20.3 Å². The van der Waals surface area contributed by atoms with Crippen LogP contribution in [0.15, 0.2) is 18.2 Å². The molecule has 2 rings (SSSR count). The number of rotatable bonds is 4. The Morgan fingerprint density at radius 2 is 2.25 bits per heavy atom. The summed E-state index contributed by atoms with van der Waals surface area (Å²) in [6, 6.07) is 4.94. The minimum atomic E-state index is -0.357. The quantitative estimate of drug-likeness (QED) is 0.627. The third kappa shape index (κ3) is 2.32. The Kier molecular flexibility index (Phi) is 2.81. The maximum absolute atomic E-state index is 10.6. The fraction of sp³-hybridized carbons (Fsp3) is 0.500. The highest BCUT2D eigenvalue weighted by atomic mass is 16.6. The average Bonchev–Trinajstić information content (AvgIpc) is 2.93. The molecule has 0 amide bonds. The molecule has 2 atom stereocenters. The van der Waals surface area contributed by atoms with E-state index in [0.29, 0.717) is 0 Å². The lowest BCUT2D eigenvalue weighted by Crippen LogP contribution is -2.06. The molecule has 16 heavy (non-hydrogen) atoms. The van der Waals surface area contributed by atoms with Gasteiger partial charge in [-0.25, -0.2) is 0 Å². The van der Waals surface area contributed by atoms with Crippen LogP contribution >= 0.6 is 0 Å². The molecular weight excluding hydrogens is 204 g/mol. The van der Waals surface area contributed by atoms with Gasteiger partial charge in [-0.2, -0.15) is 0 Å². The van der Waals surface area contributed by atoms with Crippen molar-refractivity contribution in [1.82, 2.24) is 0 Å². The molecule has 1 aliphatic carbocycles. The zero-order valence-electron chi connectivity index (χ0n) is 9.56. The summed E-state index contributed by atoms with van der Waals surface area (Å²) >= 11 is 0. The van der Waals surface area contributed by atoms with Gasteiger partial charge in [-0.1, -0.05) is 13.0 Å². The van der Waals surface area contributed by atoms with Crippen molar-refractivity contribution in [1.29, 1.82) is 0 Å². The summed E-state index contributed by atoms with van der Waals surface area (Å²) in [4.78, 5) is 10.3. The van der Waals surface area contributed by atoms with E-state index in [0.717, 1.165) is 29.6 Å². The lowest BCUT2D eigenvalue weighted by molar-refractivity contribution is -0.384. The average molecular weight is 220 g/mol. The van der Waals surface area contributed by atoms with Crippen molar-refractivity contribution in [3.8, 4) is 0 Å². The molecule has 4 heteroatoms. The summed E-state index contributed by atoms with van der Waals surface area (Å²) in [6.45, 7) is 5.11. The Labute approximate surface area is 94.8 Å². The SMILES string of the molecule is Cc1ccc([N+](=O)[O-])cc1NCC1CC1C. The summed E-state index contributed by atoms with van der Waals surface area (Å²) < 4.78 is 0. The summed E-state index contributed by atoms with van der Waals surface area (Å²) in [7, 11) is 0. The zero-order chi connectivity index (χ0) is 11.7. The van der Waals surface area contributed by atoms with E-state index in [1.807, 2.05) is 6.92 Å². The highest BCUT2D eigenvalue weighted by Crippen LogP contribution is 2.37. The van der Waals surface area contributed by atoms with Crippen molar-refractivity contribution >= 4 is 11.4 Å². The van der Waals surface area contributed by atoms with Gasteiger partial charge in [-0.15, -0.1) is 0 Å². The molecule has 0 saturated heterocycles. The van der Waals surface area contributed by atoms with Crippen LogP contribution in [0.1, 0.15) is 18.9 Å². The number of non-ortho nitro benzene ring substituents is 1. The smallest absolute Gasteiger partial charge is 0.271 e. The second-order valence-corrected chi connectivity index (χ2v) is 4.61.